The molecule has 0 aliphatic rings. The highest BCUT2D eigenvalue weighted by Gasteiger charge is 2.20. The first-order chi connectivity index (χ1) is 7.58. The number of nitrogens with two attached hydrogens (primary N) is 1. The molecular formula is C11H14ClNO3. The van der Waals surface area contributed by atoms with Gasteiger partial charge in [-0.25, -0.2) is 10.7 Å². The molecule has 0 aromatic heterocycles. The minimum Gasteiger partial charge on any atom is -0.467 e. The summed E-state index contributed by atoms with van der Waals surface area (Å²) >= 11 is 5.83. The Morgan fingerprint density at radius 1 is 1.56 bits per heavy atom. The summed E-state index contributed by atoms with van der Waals surface area (Å²) in [6, 6.07) is 5.42. The van der Waals surface area contributed by atoms with Crippen molar-refractivity contribution in [2.24, 2.45) is 5.90 Å². The van der Waals surface area contributed by atoms with Crippen LogP contribution in [-0.4, -0.2) is 19.2 Å². The first kappa shape index (κ1) is 13.0. The molecule has 0 unspecified atom stereocenters. The van der Waals surface area contributed by atoms with Crippen molar-refractivity contribution in [3.63, 3.8) is 0 Å². The van der Waals surface area contributed by atoms with Crippen LogP contribution >= 0.6 is 11.6 Å². The van der Waals surface area contributed by atoms with E-state index in [1.807, 2.05) is 19.1 Å². The van der Waals surface area contributed by atoms with E-state index in [1.54, 1.807) is 6.07 Å². The number of hydrogen-bond acceptors (Lipinski definition) is 4. The number of esters is 1. The maximum absolute atomic E-state index is 11.3. The van der Waals surface area contributed by atoms with Crippen molar-refractivity contribution >= 4 is 17.6 Å². The number of hydrogen-bond donors (Lipinski definition) is 1. The Hall–Kier alpha value is -1.10. The van der Waals surface area contributed by atoms with Gasteiger partial charge in [0, 0.05) is 11.4 Å². The third kappa shape index (κ3) is 3.20. The summed E-state index contributed by atoms with van der Waals surface area (Å²) in [5.74, 6) is 4.56. The van der Waals surface area contributed by atoms with Gasteiger partial charge in [0.2, 0.25) is 0 Å². The summed E-state index contributed by atoms with van der Waals surface area (Å²) < 4.78 is 4.57. The summed E-state index contributed by atoms with van der Waals surface area (Å²) in [6.45, 7) is 1.91. The van der Waals surface area contributed by atoms with Crippen LogP contribution in [0.5, 0.6) is 0 Å². The molecule has 88 valence electrons. The zero-order valence-electron chi connectivity index (χ0n) is 9.20. The molecule has 0 saturated heterocycles. The minimum atomic E-state index is -0.787. The van der Waals surface area contributed by atoms with Crippen molar-refractivity contribution in [1.82, 2.24) is 0 Å². The van der Waals surface area contributed by atoms with E-state index in [0.29, 0.717) is 11.4 Å². The van der Waals surface area contributed by atoms with Crippen LogP contribution < -0.4 is 5.90 Å². The Bertz CT molecular complexity index is 381. The first-order valence-electron chi connectivity index (χ1n) is 4.77. The largest absolute Gasteiger partial charge is 0.467 e. The number of carbonyl (C=O) groups excluding carboxylic acids is 1. The molecule has 0 heterocycles. The Morgan fingerprint density at radius 2 is 2.25 bits per heavy atom. The summed E-state index contributed by atoms with van der Waals surface area (Å²) in [4.78, 5) is 15.9. The smallest absolute Gasteiger partial charge is 0.337 e. The fourth-order valence-electron chi connectivity index (χ4n) is 1.41. The minimum absolute atomic E-state index is 0.367. The Balaban J connectivity index is 2.82. The second kappa shape index (κ2) is 5.84. The van der Waals surface area contributed by atoms with Gasteiger partial charge in [0.1, 0.15) is 0 Å². The van der Waals surface area contributed by atoms with E-state index in [4.69, 9.17) is 17.5 Å². The van der Waals surface area contributed by atoms with E-state index < -0.39 is 12.1 Å². The molecule has 5 heteroatoms. The van der Waals surface area contributed by atoms with Gasteiger partial charge in [-0.1, -0.05) is 17.7 Å². The van der Waals surface area contributed by atoms with Crippen LogP contribution in [-0.2, 0) is 20.8 Å². The molecule has 0 fully saturated rings. The Kier molecular flexibility index (Phi) is 4.73. The highest BCUT2D eigenvalue weighted by atomic mass is 35.5. The van der Waals surface area contributed by atoms with Crippen molar-refractivity contribution in [2.75, 3.05) is 7.11 Å². The summed E-state index contributed by atoms with van der Waals surface area (Å²) in [5.41, 5.74) is 1.93. The lowest BCUT2D eigenvalue weighted by atomic mass is 10.0. The van der Waals surface area contributed by atoms with E-state index in [2.05, 4.69) is 9.57 Å². The van der Waals surface area contributed by atoms with E-state index in [1.165, 1.54) is 7.11 Å². The van der Waals surface area contributed by atoms with E-state index in [0.717, 1.165) is 11.1 Å². The van der Waals surface area contributed by atoms with Gasteiger partial charge in [0.15, 0.2) is 6.10 Å². The fraction of sp³-hybridized carbons (Fsp3) is 0.364. The number of benzene rings is 1. The molecule has 1 aromatic carbocycles. The summed E-state index contributed by atoms with van der Waals surface area (Å²) in [7, 11) is 1.29. The molecule has 0 saturated carbocycles. The van der Waals surface area contributed by atoms with Gasteiger partial charge in [-0.3, -0.25) is 4.84 Å². The summed E-state index contributed by atoms with van der Waals surface area (Å²) in [6.07, 6.45) is -0.420. The molecule has 0 aliphatic heterocycles. The Morgan fingerprint density at radius 3 is 2.75 bits per heavy atom. The zero-order valence-corrected chi connectivity index (χ0v) is 9.95. The number of rotatable bonds is 4. The molecule has 4 nitrogen and oxygen atoms in total. The van der Waals surface area contributed by atoms with Gasteiger partial charge in [0.25, 0.3) is 0 Å². The average molecular weight is 244 g/mol. The van der Waals surface area contributed by atoms with Gasteiger partial charge >= 0.3 is 5.97 Å². The SMILES string of the molecule is COC(=O)[C@@H](Cc1ccc(Cl)cc1C)ON. The number of halogens is 1. The normalized spacial score (nSPS) is 12.2. The van der Waals surface area contributed by atoms with Crippen molar-refractivity contribution in [3.8, 4) is 0 Å². The monoisotopic (exact) mass is 243 g/mol. The van der Waals surface area contributed by atoms with Crippen LogP contribution in [0.2, 0.25) is 5.02 Å². The predicted octanol–water partition coefficient (Wildman–Crippen LogP) is 1.62. The van der Waals surface area contributed by atoms with Gasteiger partial charge in [-0.15, -0.1) is 0 Å². The maximum Gasteiger partial charge on any atom is 0.337 e. The summed E-state index contributed by atoms with van der Waals surface area (Å²) in [5, 5.41) is 0.657. The van der Waals surface area contributed by atoms with Gasteiger partial charge < -0.3 is 4.74 Å². The number of ether oxygens (including phenoxy) is 1. The molecule has 0 bridgehead atoms. The van der Waals surface area contributed by atoms with Crippen LogP contribution in [0.25, 0.3) is 0 Å². The molecule has 1 rings (SSSR count). The topological polar surface area (TPSA) is 61.5 Å². The molecule has 16 heavy (non-hydrogen) atoms. The van der Waals surface area contributed by atoms with E-state index >= 15 is 0 Å². The number of aryl methyl sites for hydroxylation is 1. The first-order valence-corrected chi connectivity index (χ1v) is 5.14. The van der Waals surface area contributed by atoms with Crippen molar-refractivity contribution in [2.45, 2.75) is 19.4 Å². The number of carbonyl (C=O) groups is 1. The standard InChI is InChI=1S/C11H14ClNO3/c1-7-5-9(12)4-3-8(7)6-10(16-13)11(14)15-2/h3-5,10H,6,13H2,1-2H3/t10-/m1/s1. The van der Waals surface area contributed by atoms with Crippen LogP contribution in [0, 0.1) is 6.92 Å². The second-order valence-corrected chi connectivity index (χ2v) is 3.86. The molecule has 1 aromatic rings. The lowest BCUT2D eigenvalue weighted by molar-refractivity contribution is -0.154. The molecule has 2 N–H and O–H groups in total. The van der Waals surface area contributed by atoms with Crippen LogP contribution in [0.15, 0.2) is 18.2 Å². The fourth-order valence-corrected chi connectivity index (χ4v) is 1.63. The lowest BCUT2D eigenvalue weighted by Gasteiger charge is -2.13. The molecule has 1 atom stereocenters. The molecule has 0 amide bonds. The third-order valence-corrected chi connectivity index (χ3v) is 2.57. The van der Waals surface area contributed by atoms with Gasteiger partial charge in [0.05, 0.1) is 7.11 Å². The second-order valence-electron chi connectivity index (χ2n) is 3.42. The third-order valence-electron chi connectivity index (χ3n) is 2.34. The highest BCUT2D eigenvalue weighted by Crippen LogP contribution is 2.17. The van der Waals surface area contributed by atoms with Crippen molar-refractivity contribution < 1.29 is 14.4 Å². The average Bonchev–Trinajstić information content (AvgIpc) is 2.27. The highest BCUT2D eigenvalue weighted by molar-refractivity contribution is 6.30. The van der Waals surface area contributed by atoms with Crippen LogP contribution in [0.1, 0.15) is 11.1 Å². The zero-order chi connectivity index (χ0) is 12.1. The van der Waals surface area contributed by atoms with Crippen molar-refractivity contribution in [1.29, 1.82) is 0 Å². The van der Waals surface area contributed by atoms with Gasteiger partial charge in [-0.2, -0.15) is 0 Å². The molecule has 0 spiro atoms. The maximum atomic E-state index is 11.3. The Labute approximate surface area is 99.2 Å². The van der Waals surface area contributed by atoms with E-state index in [9.17, 15) is 4.79 Å². The molecule has 0 radical (unpaired) electrons. The molecular weight excluding hydrogens is 230 g/mol. The molecule has 0 aliphatic carbocycles. The van der Waals surface area contributed by atoms with Crippen LogP contribution in [0.3, 0.4) is 0 Å². The lowest BCUT2D eigenvalue weighted by Crippen LogP contribution is -2.30. The predicted molar refractivity (Wildman–Crippen MR) is 61.0 cm³/mol. The quantitative estimate of drug-likeness (QED) is 0.645. The van der Waals surface area contributed by atoms with Crippen molar-refractivity contribution in [3.05, 3.63) is 34.3 Å². The number of methoxy groups -OCH3 is 1. The van der Waals surface area contributed by atoms with E-state index in [-0.39, 0.29) is 0 Å². The van der Waals surface area contributed by atoms with Gasteiger partial charge in [-0.05, 0) is 30.2 Å². The van der Waals surface area contributed by atoms with Crippen LogP contribution in [0.4, 0.5) is 0 Å².